The lowest BCUT2D eigenvalue weighted by Crippen LogP contribution is -2.47. The third kappa shape index (κ3) is 3.82. The van der Waals surface area contributed by atoms with Crippen molar-refractivity contribution in [2.24, 2.45) is 0 Å². The second-order valence-electron chi connectivity index (χ2n) is 7.60. The Morgan fingerprint density at radius 3 is 2.28 bits per heavy atom. The number of nitrogens with zero attached hydrogens (tertiary/aromatic N) is 4. The van der Waals surface area contributed by atoms with E-state index in [1.807, 2.05) is 4.90 Å². The van der Waals surface area contributed by atoms with E-state index in [2.05, 4.69) is 11.8 Å². The van der Waals surface area contributed by atoms with Gasteiger partial charge in [0, 0.05) is 44.4 Å². The predicted molar refractivity (Wildman–Crippen MR) is 119 cm³/mol. The van der Waals surface area contributed by atoms with Gasteiger partial charge in [-0.15, -0.1) is 0 Å². The molecule has 0 atom stereocenters. The van der Waals surface area contributed by atoms with Crippen LogP contribution in [0.1, 0.15) is 12.5 Å². The van der Waals surface area contributed by atoms with Crippen LogP contribution >= 0.6 is 0 Å². The number of piperazine rings is 1. The fourth-order valence-electron chi connectivity index (χ4n) is 4.09. The largest absolute Gasteiger partial charge is 0.497 e. The smallest absolute Gasteiger partial charge is 0.282 e. The normalized spacial score (nSPS) is 17.3. The van der Waals surface area contributed by atoms with Gasteiger partial charge in [-0.25, -0.2) is 4.90 Å². The molecule has 2 aliphatic rings. The Hall–Kier alpha value is -3.72. The van der Waals surface area contributed by atoms with Gasteiger partial charge in [0.05, 0.1) is 23.3 Å². The van der Waals surface area contributed by atoms with Gasteiger partial charge in [-0.05, 0) is 36.4 Å². The van der Waals surface area contributed by atoms with Crippen LogP contribution in [0.2, 0.25) is 0 Å². The average Bonchev–Trinajstić information content (AvgIpc) is 3.09. The predicted octanol–water partition coefficient (Wildman–Crippen LogP) is 2.53. The molecule has 0 aromatic heterocycles. The number of carbonyl (C=O) groups is 2. The summed E-state index contributed by atoms with van der Waals surface area (Å²) in [6.07, 6.45) is 0. The summed E-state index contributed by atoms with van der Waals surface area (Å²) in [4.78, 5) is 43.1. The maximum absolute atomic E-state index is 13.6. The minimum atomic E-state index is -0.493. The average molecular weight is 436 g/mol. The number of nitro benzene ring substituents is 1. The second kappa shape index (κ2) is 8.80. The molecule has 0 bridgehead atoms. The highest BCUT2D eigenvalue weighted by molar-refractivity contribution is 6.45. The topological polar surface area (TPSA) is 96.2 Å². The minimum absolute atomic E-state index is 0.0751. The molecule has 9 heteroatoms. The number of likely N-dealkylation sites (N-methyl/N-ethyl adjacent to an activating group) is 1. The van der Waals surface area contributed by atoms with Crippen molar-refractivity contribution >= 4 is 28.8 Å². The summed E-state index contributed by atoms with van der Waals surface area (Å²) >= 11 is 0. The molecule has 166 valence electrons. The van der Waals surface area contributed by atoms with Crippen LogP contribution in [0.4, 0.5) is 11.4 Å². The zero-order valence-corrected chi connectivity index (χ0v) is 18.0. The number of nitro groups is 1. The molecule has 2 amide bonds. The Labute approximate surface area is 185 Å². The lowest BCUT2D eigenvalue weighted by atomic mass is 10.0. The summed E-state index contributed by atoms with van der Waals surface area (Å²) < 4.78 is 5.26. The third-order valence-electron chi connectivity index (χ3n) is 5.87. The van der Waals surface area contributed by atoms with Crippen molar-refractivity contribution in [1.29, 1.82) is 0 Å². The van der Waals surface area contributed by atoms with Crippen LogP contribution in [-0.4, -0.2) is 66.4 Å². The van der Waals surface area contributed by atoms with Gasteiger partial charge in [0.2, 0.25) is 0 Å². The Bertz CT molecular complexity index is 1090. The molecule has 0 saturated carbocycles. The number of methoxy groups -OCH3 is 1. The standard InChI is InChI=1S/C23H24N4O5/c1-3-24-11-13-25(14-12-24)21-20(16-7-9-17(10-8-16)27(30)31)22(28)26(23(21)29)18-5-4-6-19(15-18)32-2/h4-10,15H,3,11-14H2,1-2H3. The second-order valence-corrected chi connectivity index (χ2v) is 7.60. The van der Waals surface area contributed by atoms with E-state index in [9.17, 15) is 19.7 Å². The summed E-state index contributed by atoms with van der Waals surface area (Å²) in [5.41, 5.74) is 1.42. The number of non-ortho nitro benzene ring substituents is 1. The van der Waals surface area contributed by atoms with E-state index in [1.165, 1.54) is 31.4 Å². The Morgan fingerprint density at radius 1 is 1.00 bits per heavy atom. The summed E-state index contributed by atoms with van der Waals surface area (Å²) in [6.45, 7) is 5.81. The maximum Gasteiger partial charge on any atom is 0.282 e. The maximum atomic E-state index is 13.6. The number of hydrogen-bond acceptors (Lipinski definition) is 7. The molecule has 0 N–H and O–H groups in total. The van der Waals surface area contributed by atoms with E-state index >= 15 is 0 Å². The molecule has 2 heterocycles. The molecule has 0 unspecified atom stereocenters. The van der Waals surface area contributed by atoms with E-state index in [0.717, 1.165) is 24.5 Å². The lowest BCUT2D eigenvalue weighted by molar-refractivity contribution is -0.384. The molecule has 1 saturated heterocycles. The highest BCUT2D eigenvalue weighted by Gasteiger charge is 2.43. The van der Waals surface area contributed by atoms with Gasteiger partial charge in [-0.2, -0.15) is 0 Å². The van der Waals surface area contributed by atoms with Gasteiger partial charge in [0.1, 0.15) is 11.4 Å². The zero-order valence-electron chi connectivity index (χ0n) is 18.0. The Kier molecular flexibility index (Phi) is 5.91. The first-order chi connectivity index (χ1) is 15.4. The highest BCUT2D eigenvalue weighted by atomic mass is 16.6. The van der Waals surface area contributed by atoms with Crippen molar-refractivity contribution in [3.8, 4) is 5.75 Å². The summed E-state index contributed by atoms with van der Waals surface area (Å²) in [7, 11) is 1.52. The van der Waals surface area contributed by atoms with E-state index in [-0.39, 0.29) is 11.3 Å². The van der Waals surface area contributed by atoms with Gasteiger partial charge in [-0.1, -0.05) is 13.0 Å². The molecule has 4 rings (SSSR count). The fraction of sp³-hybridized carbons (Fsp3) is 0.304. The van der Waals surface area contributed by atoms with Gasteiger partial charge in [0.25, 0.3) is 17.5 Å². The first-order valence-corrected chi connectivity index (χ1v) is 10.4. The highest BCUT2D eigenvalue weighted by Crippen LogP contribution is 2.36. The van der Waals surface area contributed by atoms with Crippen LogP contribution in [0, 0.1) is 10.1 Å². The molecule has 2 aromatic rings. The third-order valence-corrected chi connectivity index (χ3v) is 5.87. The number of rotatable bonds is 6. The van der Waals surface area contributed by atoms with Crippen molar-refractivity contribution < 1.29 is 19.2 Å². The quantitative estimate of drug-likeness (QED) is 0.390. The van der Waals surface area contributed by atoms with Crippen molar-refractivity contribution in [3.63, 3.8) is 0 Å². The van der Waals surface area contributed by atoms with Gasteiger partial charge in [0.15, 0.2) is 0 Å². The summed E-state index contributed by atoms with van der Waals surface area (Å²) in [5.74, 6) is -0.323. The zero-order chi connectivity index (χ0) is 22.8. The fourth-order valence-corrected chi connectivity index (χ4v) is 4.09. The summed E-state index contributed by atoms with van der Waals surface area (Å²) in [6, 6.07) is 12.5. The van der Waals surface area contributed by atoms with Crippen LogP contribution in [-0.2, 0) is 9.59 Å². The van der Waals surface area contributed by atoms with Crippen molar-refractivity contribution in [1.82, 2.24) is 9.80 Å². The van der Waals surface area contributed by atoms with Crippen molar-refractivity contribution in [2.75, 3.05) is 44.7 Å². The van der Waals surface area contributed by atoms with Crippen LogP contribution < -0.4 is 9.64 Å². The van der Waals surface area contributed by atoms with Gasteiger partial charge >= 0.3 is 0 Å². The molecular weight excluding hydrogens is 412 g/mol. The molecule has 2 aromatic carbocycles. The number of hydrogen-bond donors (Lipinski definition) is 0. The van der Waals surface area contributed by atoms with Crippen molar-refractivity contribution in [3.05, 3.63) is 69.9 Å². The van der Waals surface area contributed by atoms with Gasteiger partial charge < -0.3 is 14.5 Å². The van der Waals surface area contributed by atoms with E-state index in [0.29, 0.717) is 35.8 Å². The van der Waals surface area contributed by atoms with E-state index in [1.54, 1.807) is 24.3 Å². The molecule has 0 radical (unpaired) electrons. The number of anilines is 1. The van der Waals surface area contributed by atoms with Crippen molar-refractivity contribution in [2.45, 2.75) is 6.92 Å². The number of imide groups is 1. The van der Waals surface area contributed by atoms with Crippen LogP contribution in [0.5, 0.6) is 5.75 Å². The number of benzene rings is 2. The minimum Gasteiger partial charge on any atom is -0.497 e. The summed E-state index contributed by atoms with van der Waals surface area (Å²) in [5, 5.41) is 11.1. The lowest BCUT2D eigenvalue weighted by Gasteiger charge is -2.36. The Morgan fingerprint density at radius 2 is 1.69 bits per heavy atom. The molecule has 2 aliphatic heterocycles. The van der Waals surface area contributed by atoms with Crippen LogP contribution in [0.25, 0.3) is 5.57 Å². The van der Waals surface area contributed by atoms with E-state index < -0.39 is 16.7 Å². The molecular formula is C23H24N4O5. The van der Waals surface area contributed by atoms with E-state index in [4.69, 9.17) is 4.74 Å². The molecule has 9 nitrogen and oxygen atoms in total. The molecule has 32 heavy (non-hydrogen) atoms. The molecule has 1 fully saturated rings. The first kappa shape index (κ1) is 21.5. The number of ether oxygens (including phenoxy) is 1. The monoisotopic (exact) mass is 436 g/mol. The van der Waals surface area contributed by atoms with Crippen LogP contribution in [0.3, 0.4) is 0 Å². The number of amides is 2. The van der Waals surface area contributed by atoms with Crippen LogP contribution in [0.15, 0.2) is 54.2 Å². The Balaban J connectivity index is 1.78. The SMILES string of the molecule is CCN1CCN(C2=C(c3ccc([N+](=O)[O-])cc3)C(=O)N(c3cccc(OC)c3)C2=O)CC1. The first-order valence-electron chi connectivity index (χ1n) is 10.4. The van der Waals surface area contributed by atoms with Gasteiger partial charge in [-0.3, -0.25) is 19.7 Å². The number of carbonyl (C=O) groups excluding carboxylic acids is 2. The molecule has 0 aliphatic carbocycles. The molecule has 0 spiro atoms.